The lowest BCUT2D eigenvalue weighted by Gasteiger charge is -2.03. The summed E-state index contributed by atoms with van der Waals surface area (Å²) in [6, 6.07) is 0. The highest BCUT2D eigenvalue weighted by atomic mass is 16.2. The lowest BCUT2D eigenvalue weighted by Crippen LogP contribution is -2.10. The number of carbonyl (C=O) groups excluding carboxylic acids is 1. The number of rotatable bonds is 1. The van der Waals surface area contributed by atoms with Crippen molar-refractivity contribution in [2.75, 3.05) is 0 Å². The van der Waals surface area contributed by atoms with E-state index in [0.717, 1.165) is 5.71 Å². The predicted octanol–water partition coefficient (Wildman–Crippen LogP) is 1.54. The van der Waals surface area contributed by atoms with Gasteiger partial charge < -0.3 is 0 Å². The fourth-order valence-electron chi connectivity index (χ4n) is 2.57. The van der Waals surface area contributed by atoms with Gasteiger partial charge in [0.15, 0.2) is 0 Å². The van der Waals surface area contributed by atoms with Crippen molar-refractivity contribution in [3.05, 3.63) is 0 Å². The predicted molar refractivity (Wildman–Crippen MR) is 51.2 cm³/mol. The van der Waals surface area contributed by atoms with Crippen LogP contribution in [0, 0.1) is 16.7 Å². The minimum atomic E-state index is 0.0356. The van der Waals surface area contributed by atoms with Crippen LogP contribution in [-0.4, -0.2) is 11.6 Å². The van der Waals surface area contributed by atoms with Gasteiger partial charge in [0.2, 0.25) is 5.91 Å². The zero-order chi connectivity index (χ0) is 9.85. The molecule has 0 bridgehead atoms. The molecule has 0 saturated heterocycles. The van der Waals surface area contributed by atoms with Crippen LogP contribution in [0.1, 0.15) is 34.1 Å². The molecule has 13 heavy (non-hydrogen) atoms. The van der Waals surface area contributed by atoms with Gasteiger partial charge in [-0.2, -0.15) is 5.10 Å². The van der Waals surface area contributed by atoms with Crippen LogP contribution in [-0.2, 0) is 4.79 Å². The van der Waals surface area contributed by atoms with Crippen LogP contribution >= 0.6 is 0 Å². The average Bonchev–Trinajstić information content (AvgIpc) is 2.32. The van der Waals surface area contributed by atoms with Gasteiger partial charge in [-0.1, -0.05) is 27.7 Å². The van der Waals surface area contributed by atoms with E-state index in [4.69, 9.17) is 0 Å². The van der Waals surface area contributed by atoms with E-state index in [-0.39, 0.29) is 16.7 Å². The van der Waals surface area contributed by atoms with E-state index in [1.165, 1.54) is 0 Å². The zero-order valence-corrected chi connectivity index (χ0v) is 8.64. The maximum absolute atomic E-state index is 11.0. The number of amides is 1. The molecule has 1 amide bonds. The largest absolute Gasteiger partial charge is 0.273 e. The van der Waals surface area contributed by atoms with Crippen molar-refractivity contribution in [1.29, 1.82) is 0 Å². The number of hydrogen-bond acceptors (Lipinski definition) is 2. The molecule has 0 spiro atoms. The number of carbonyl (C=O) groups is 1. The van der Waals surface area contributed by atoms with Crippen molar-refractivity contribution >= 4 is 11.6 Å². The molecule has 2 aliphatic rings. The van der Waals surface area contributed by atoms with Gasteiger partial charge in [0.25, 0.3) is 0 Å². The molecule has 0 atom stereocenters. The van der Waals surface area contributed by atoms with Crippen LogP contribution in [0.2, 0.25) is 0 Å². The van der Waals surface area contributed by atoms with Crippen molar-refractivity contribution in [2.24, 2.45) is 21.8 Å². The normalized spacial score (nSPS) is 29.8. The SMILES string of the molecule is CC1(C)C(C2=NNC(=O)C2)C1(C)C. The molecule has 0 radical (unpaired) electrons. The van der Waals surface area contributed by atoms with E-state index in [2.05, 4.69) is 38.2 Å². The first-order chi connectivity index (χ1) is 5.87. The molecule has 72 valence electrons. The van der Waals surface area contributed by atoms with Gasteiger partial charge in [-0.05, 0) is 10.8 Å². The summed E-state index contributed by atoms with van der Waals surface area (Å²) in [5.41, 5.74) is 4.14. The number of hydrogen-bond donors (Lipinski definition) is 1. The third-order valence-electron chi connectivity index (χ3n) is 4.02. The first-order valence-electron chi connectivity index (χ1n) is 4.72. The fourth-order valence-corrected chi connectivity index (χ4v) is 2.57. The lowest BCUT2D eigenvalue weighted by atomic mass is 10.0. The third-order valence-corrected chi connectivity index (χ3v) is 4.02. The number of hydrazone groups is 1. The van der Waals surface area contributed by atoms with Gasteiger partial charge in [0, 0.05) is 5.92 Å². The highest BCUT2D eigenvalue weighted by Gasteiger charge is 2.67. The van der Waals surface area contributed by atoms with Crippen molar-refractivity contribution in [1.82, 2.24) is 5.43 Å². The Labute approximate surface area is 78.6 Å². The van der Waals surface area contributed by atoms with Gasteiger partial charge >= 0.3 is 0 Å². The first kappa shape index (κ1) is 8.73. The highest BCUT2D eigenvalue weighted by Crippen LogP contribution is 2.69. The fraction of sp³-hybridized carbons (Fsp3) is 0.800. The molecule has 1 aliphatic carbocycles. The molecule has 3 heteroatoms. The number of nitrogens with one attached hydrogen (secondary N) is 1. The average molecular weight is 180 g/mol. The van der Waals surface area contributed by atoms with Crippen molar-refractivity contribution < 1.29 is 4.79 Å². The summed E-state index contributed by atoms with van der Waals surface area (Å²) in [6.07, 6.45) is 0.498. The van der Waals surface area contributed by atoms with Crippen LogP contribution < -0.4 is 5.43 Å². The number of nitrogens with zero attached hydrogens (tertiary/aromatic N) is 1. The molecular formula is C10H16N2O. The minimum Gasteiger partial charge on any atom is -0.273 e. The summed E-state index contributed by atoms with van der Waals surface area (Å²) in [5.74, 6) is 0.507. The summed E-state index contributed by atoms with van der Waals surface area (Å²) in [4.78, 5) is 11.0. The van der Waals surface area contributed by atoms with Gasteiger partial charge in [-0.25, -0.2) is 5.43 Å². The Morgan fingerprint density at radius 2 is 1.85 bits per heavy atom. The van der Waals surface area contributed by atoms with E-state index < -0.39 is 0 Å². The first-order valence-corrected chi connectivity index (χ1v) is 4.72. The van der Waals surface area contributed by atoms with E-state index in [1.807, 2.05) is 0 Å². The molecule has 1 N–H and O–H groups in total. The Bertz CT molecular complexity index is 288. The molecule has 0 aromatic carbocycles. The summed E-state index contributed by atoms with van der Waals surface area (Å²) < 4.78 is 0. The molecule has 2 rings (SSSR count). The lowest BCUT2D eigenvalue weighted by molar-refractivity contribution is -0.119. The van der Waals surface area contributed by atoms with Gasteiger partial charge in [0.05, 0.1) is 12.1 Å². The molecule has 3 nitrogen and oxygen atoms in total. The van der Waals surface area contributed by atoms with Crippen LogP contribution in [0.4, 0.5) is 0 Å². The zero-order valence-electron chi connectivity index (χ0n) is 8.64. The standard InChI is InChI=1S/C10H16N2O/c1-9(2)8(10(9,3)4)6-5-7(13)12-11-6/h8H,5H2,1-4H3,(H,12,13). The monoisotopic (exact) mass is 180 g/mol. The van der Waals surface area contributed by atoms with Crippen LogP contribution in [0.25, 0.3) is 0 Å². The topological polar surface area (TPSA) is 41.5 Å². The Balaban J connectivity index is 2.19. The molecule has 1 saturated carbocycles. The summed E-state index contributed by atoms with van der Waals surface area (Å²) in [7, 11) is 0. The van der Waals surface area contributed by atoms with E-state index in [9.17, 15) is 4.79 Å². The molecule has 0 aromatic heterocycles. The van der Waals surface area contributed by atoms with E-state index >= 15 is 0 Å². The highest BCUT2D eigenvalue weighted by molar-refractivity contribution is 6.07. The second-order valence-corrected chi connectivity index (χ2v) is 5.19. The molecular weight excluding hydrogens is 164 g/mol. The molecule has 1 heterocycles. The third kappa shape index (κ3) is 0.960. The Hall–Kier alpha value is -0.860. The maximum atomic E-state index is 11.0. The summed E-state index contributed by atoms with van der Waals surface area (Å²) in [5, 5.41) is 4.09. The quantitative estimate of drug-likeness (QED) is 0.653. The van der Waals surface area contributed by atoms with E-state index in [0.29, 0.717) is 12.3 Å². The Morgan fingerprint density at radius 1 is 1.31 bits per heavy atom. The van der Waals surface area contributed by atoms with Crippen LogP contribution in [0.5, 0.6) is 0 Å². The van der Waals surface area contributed by atoms with Crippen molar-refractivity contribution in [3.63, 3.8) is 0 Å². The molecule has 0 aromatic rings. The summed E-state index contributed by atoms with van der Waals surface area (Å²) >= 11 is 0. The van der Waals surface area contributed by atoms with Gasteiger partial charge in [-0.15, -0.1) is 0 Å². The minimum absolute atomic E-state index is 0.0356. The van der Waals surface area contributed by atoms with Gasteiger partial charge in [0.1, 0.15) is 0 Å². The maximum Gasteiger partial charge on any atom is 0.245 e. The van der Waals surface area contributed by atoms with Crippen molar-refractivity contribution in [2.45, 2.75) is 34.1 Å². The van der Waals surface area contributed by atoms with E-state index in [1.54, 1.807) is 0 Å². The molecule has 1 fully saturated rings. The van der Waals surface area contributed by atoms with Crippen LogP contribution in [0.15, 0.2) is 5.10 Å². The second-order valence-electron chi connectivity index (χ2n) is 5.19. The Kier molecular flexibility index (Phi) is 1.44. The Morgan fingerprint density at radius 3 is 2.15 bits per heavy atom. The van der Waals surface area contributed by atoms with Crippen molar-refractivity contribution in [3.8, 4) is 0 Å². The summed E-state index contributed by atoms with van der Waals surface area (Å²) in [6.45, 7) is 8.96. The smallest absolute Gasteiger partial charge is 0.245 e. The van der Waals surface area contributed by atoms with Gasteiger partial charge in [-0.3, -0.25) is 4.79 Å². The molecule has 1 aliphatic heterocycles. The molecule has 0 unspecified atom stereocenters. The van der Waals surface area contributed by atoms with Crippen LogP contribution in [0.3, 0.4) is 0 Å². The second kappa shape index (κ2) is 2.14.